The summed E-state index contributed by atoms with van der Waals surface area (Å²) in [6.45, 7) is 8.29. The Morgan fingerprint density at radius 2 is 2.05 bits per heavy atom. The molecule has 6 heteroatoms. The van der Waals surface area contributed by atoms with Crippen molar-refractivity contribution in [2.75, 3.05) is 13.2 Å². The zero-order chi connectivity index (χ0) is 16.1. The quantitative estimate of drug-likeness (QED) is 0.824. The minimum atomic E-state index is -3.61. The number of aliphatic hydroxyl groups excluding tert-OH is 1. The molecule has 0 radical (unpaired) electrons. The highest BCUT2D eigenvalue weighted by atomic mass is 32.2. The van der Waals surface area contributed by atoms with E-state index in [1.165, 1.54) is 18.5 Å². The van der Waals surface area contributed by atoms with Gasteiger partial charge in [0.25, 0.3) is 0 Å². The maximum absolute atomic E-state index is 12.2. The van der Waals surface area contributed by atoms with E-state index in [-0.39, 0.29) is 22.8 Å². The number of aromatic nitrogens is 1. The molecular weight excluding hydrogens is 288 g/mol. The highest BCUT2D eigenvalue weighted by Gasteiger charge is 2.23. The number of nitrogens with one attached hydrogen (secondary N) is 1. The highest BCUT2D eigenvalue weighted by molar-refractivity contribution is 7.89. The van der Waals surface area contributed by atoms with Gasteiger partial charge in [0.2, 0.25) is 10.0 Å². The summed E-state index contributed by atoms with van der Waals surface area (Å²) in [5.41, 5.74) is 0.477. The molecule has 1 rings (SSSR count). The van der Waals surface area contributed by atoms with Crippen molar-refractivity contribution in [1.82, 2.24) is 9.71 Å². The Morgan fingerprint density at radius 3 is 2.62 bits per heavy atom. The van der Waals surface area contributed by atoms with Crippen LogP contribution in [0.25, 0.3) is 0 Å². The van der Waals surface area contributed by atoms with Crippen molar-refractivity contribution in [3.8, 4) is 11.8 Å². The van der Waals surface area contributed by atoms with Gasteiger partial charge in [-0.2, -0.15) is 0 Å². The normalized spacial score (nSPS) is 13.4. The maximum Gasteiger partial charge on any atom is 0.242 e. The Balaban J connectivity index is 2.88. The molecule has 0 amide bonds. The van der Waals surface area contributed by atoms with Crippen LogP contribution in [0.2, 0.25) is 0 Å². The average molecular weight is 310 g/mol. The van der Waals surface area contributed by atoms with Gasteiger partial charge in [-0.15, -0.1) is 0 Å². The van der Waals surface area contributed by atoms with Crippen LogP contribution in [0.1, 0.15) is 33.3 Å². The molecule has 0 fully saturated rings. The summed E-state index contributed by atoms with van der Waals surface area (Å²) in [6, 6.07) is 1.44. The first-order valence-corrected chi connectivity index (χ1v) is 8.19. The predicted molar refractivity (Wildman–Crippen MR) is 82.0 cm³/mol. The smallest absolute Gasteiger partial charge is 0.242 e. The van der Waals surface area contributed by atoms with Crippen LogP contribution in [0, 0.1) is 23.2 Å². The van der Waals surface area contributed by atoms with Gasteiger partial charge >= 0.3 is 0 Å². The lowest BCUT2D eigenvalue weighted by atomic mass is 9.82. The number of aliphatic hydroxyl groups is 1. The van der Waals surface area contributed by atoms with Crippen LogP contribution in [0.4, 0.5) is 0 Å². The molecule has 1 aromatic heterocycles. The van der Waals surface area contributed by atoms with Crippen molar-refractivity contribution in [2.45, 2.75) is 32.6 Å². The van der Waals surface area contributed by atoms with Gasteiger partial charge in [0.05, 0.1) is 0 Å². The maximum atomic E-state index is 12.2. The summed E-state index contributed by atoms with van der Waals surface area (Å²) in [4.78, 5) is 3.95. The van der Waals surface area contributed by atoms with Crippen molar-refractivity contribution in [2.24, 2.45) is 11.3 Å². The largest absolute Gasteiger partial charge is 0.384 e. The molecule has 1 aromatic rings. The van der Waals surface area contributed by atoms with Crippen molar-refractivity contribution in [1.29, 1.82) is 0 Å². The Kier molecular flexibility index (Phi) is 5.90. The van der Waals surface area contributed by atoms with E-state index in [0.717, 1.165) is 0 Å². The number of hydrogen-bond donors (Lipinski definition) is 2. The zero-order valence-corrected chi connectivity index (χ0v) is 13.7. The van der Waals surface area contributed by atoms with Crippen LogP contribution < -0.4 is 4.72 Å². The molecule has 0 aliphatic heterocycles. The molecule has 1 atom stereocenters. The minimum Gasteiger partial charge on any atom is -0.384 e. The molecule has 2 N–H and O–H groups in total. The van der Waals surface area contributed by atoms with Gasteiger partial charge in [0.15, 0.2) is 0 Å². The van der Waals surface area contributed by atoms with E-state index < -0.39 is 10.0 Å². The Morgan fingerprint density at radius 1 is 1.38 bits per heavy atom. The molecule has 0 saturated carbocycles. The number of hydrogen-bond acceptors (Lipinski definition) is 4. The number of rotatable bonds is 4. The van der Waals surface area contributed by atoms with E-state index in [1.807, 2.05) is 6.92 Å². The fourth-order valence-corrected chi connectivity index (χ4v) is 2.52. The lowest BCUT2D eigenvalue weighted by molar-refractivity contribution is 0.263. The second-order valence-electron chi connectivity index (χ2n) is 5.99. The fraction of sp³-hybridized carbons (Fsp3) is 0.533. The van der Waals surface area contributed by atoms with Crippen molar-refractivity contribution >= 4 is 10.0 Å². The molecule has 5 nitrogen and oxygen atoms in total. The second-order valence-corrected chi connectivity index (χ2v) is 7.76. The van der Waals surface area contributed by atoms with Crippen LogP contribution in [-0.4, -0.2) is 31.7 Å². The van der Waals surface area contributed by atoms with Crippen LogP contribution in [0.3, 0.4) is 0 Å². The SMILES string of the molecule is CC(CNS(=O)(=O)c1cncc(C#CCO)c1)C(C)(C)C. The lowest BCUT2D eigenvalue weighted by Crippen LogP contribution is -2.33. The van der Waals surface area contributed by atoms with Crippen molar-refractivity contribution in [3.05, 3.63) is 24.0 Å². The molecule has 0 bridgehead atoms. The molecular formula is C15H22N2O3S. The topological polar surface area (TPSA) is 79.3 Å². The minimum absolute atomic E-state index is 0.0230. The zero-order valence-electron chi connectivity index (χ0n) is 12.8. The summed E-state index contributed by atoms with van der Waals surface area (Å²) < 4.78 is 27.1. The molecule has 0 aliphatic rings. The van der Waals surface area contributed by atoms with Gasteiger partial charge in [0, 0.05) is 24.5 Å². The molecule has 0 spiro atoms. The number of pyridine rings is 1. The summed E-state index contributed by atoms with van der Waals surface area (Å²) in [6.07, 6.45) is 2.74. The molecule has 116 valence electrons. The van der Waals surface area contributed by atoms with Crippen molar-refractivity contribution < 1.29 is 13.5 Å². The van der Waals surface area contributed by atoms with Gasteiger partial charge in [-0.3, -0.25) is 4.98 Å². The molecule has 0 saturated heterocycles. The van der Waals surface area contributed by atoms with E-state index in [1.54, 1.807) is 0 Å². The Labute approximate surface area is 126 Å². The molecule has 1 heterocycles. The summed E-state index contributed by atoms with van der Waals surface area (Å²) in [5, 5.41) is 8.65. The number of nitrogens with zero attached hydrogens (tertiary/aromatic N) is 1. The van der Waals surface area contributed by atoms with Gasteiger partial charge in [-0.05, 0) is 17.4 Å². The Bertz CT molecular complexity index is 637. The molecule has 1 unspecified atom stereocenters. The first kappa shape index (κ1) is 17.6. The monoisotopic (exact) mass is 310 g/mol. The third-order valence-corrected chi connectivity index (χ3v) is 4.78. The van der Waals surface area contributed by atoms with Gasteiger partial charge < -0.3 is 5.11 Å². The first-order valence-electron chi connectivity index (χ1n) is 6.71. The average Bonchev–Trinajstić information content (AvgIpc) is 2.42. The van der Waals surface area contributed by atoms with Crippen molar-refractivity contribution in [3.63, 3.8) is 0 Å². The van der Waals surface area contributed by atoms with E-state index in [4.69, 9.17) is 5.11 Å². The number of sulfonamides is 1. The molecule has 0 aliphatic carbocycles. The molecule has 21 heavy (non-hydrogen) atoms. The first-order chi connectivity index (χ1) is 9.66. The lowest BCUT2D eigenvalue weighted by Gasteiger charge is -2.27. The predicted octanol–water partition coefficient (Wildman–Crippen LogP) is 1.39. The van der Waals surface area contributed by atoms with E-state index in [9.17, 15) is 8.42 Å². The third kappa shape index (κ3) is 5.46. The van der Waals surface area contributed by atoms with E-state index >= 15 is 0 Å². The van der Waals surface area contributed by atoms with E-state index in [0.29, 0.717) is 12.1 Å². The standard InChI is InChI=1S/C15H22N2O3S/c1-12(15(2,3)4)9-17-21(19,20)14-8-13(6-5-7-18)10-16-11-14/h8,10-12,17-18H,7,9H2,1-4H3. The third-order valence-electron chi connectivity index (χ3n) is 3.39. The van der Waals surface area contributed by atoms with Crippen LogP contribution in [0.5, 0.6) is 0 Å². The van der Waals surface area contributed by atoms with Crippen LogP contribution in [-0.2, 0) is 10.0 Å². The summed E-state index contributed by atoms with van der Waals surface area (Å²) in [7, 11) is -3.61. The summed E-state index contributed by atoms with van der Waals surface area (Å²) in [5.74, 6) is 5.30. The van der Waals surface area contributed by atoms with Gasteiger partial charge in [0.1, 0.15) is 11.5 Å². The Hall–Kier alpha value is -1.42. The summed E-state index contributed by atoms with van der Waals surface area (Å²) >= 11 is 0. The highest BCUT2D eigenvalue weighted by Crippen LogP contribution is 2.24. The fourth-order valence-electron chi connectivity index (χ4n) is 1.40. The van der Waals surface area contributed by atoms with Gasteiger partial charge in [-0.25, -0.2) is 13.1 Å². The van der Waals surface area contributed by atoms with E-state index in [2.05, 4.69) is 42.3 Å². The second kappa shape index (κ2) is 7.03. The van der Waals surface area contributed by atoms with Crippen LogP contribution >= 0.6 is 0 Å². The van der Waals surface area contributed by atoms with Crippen LogP contribution in [0.15, 0.2) is 23.4 Å². The molecule has 0 aromatic carbocycles. The van der Waals surface area contributed by atoms with Gasteiger partial charge in [-0.1, -0.05) is 39.5 Å².